The molecule has 1 unspecified atom stereocenters. The molecule has 1 atom stereocenters. The second kappa shape index (κ2) is 7.01. The van der Waals surface area contributed by atoms with Gasteiger partial charge in [0, 0.05) is 38.9 Å². The van der Waals surface area contributed by atoms with Crippen LogP contribution in [0, 0.1) is 11.3 Å². The molecule has 6 heteroatoms. The maximum Gasteiger partial charge on any atom is 0.134 e. The molecule has 0 amide bonds. The van der Waals surface area contributed by atoms with E-state index in [1.54, 1.807) is 6.33 Å². The minimum absolute atomic E-state index is 0.146. The molecule has 0 spiro atoms. The molecule has 138 valence electrons. The lowest BCUT2D eigenvalue weighted by Gasteiger charge is -2.35. The van der Waals surface area contributed by atoms with E-state index in [0.717, 1.165) is 47.6 Å². The van der Waals surface area contributed by atoms with Gasteiger partial charge in [0.05, 0.1) is 24.1 Å². The van der Waals surface area contributed by atoms with Crippen molar-refractivity contribution in [2.75, 3.05) is 25.0 Å². The molecule has 0 aliphatic carbocycles. The Hall–Kier alpha value is -2.91. The first-order chi connectivity index (χ1) is 13.1. The molecule has 1 aliphatic heterocycles. The van der Waals surface area contributed by atoms with E-state index in [1.807, 2.05) is 24.9 Å². The van der Waals surface area contributed by atoms with Crippen molar-refractivity contribution in [1.82, 2.24) is 19.4 Å². The van der Waals surface area contributed by atoms with Crippen molar-refractivity contribution in [2.24, 2.45) is 7.05 Å². The minimum Gasteiger partial charge on any atom is -0.334 e. The summed E-state index contributed by atoms with van der Waals surface area (Å²) in [6, 6.07) is 10.8. The van der Waals surface area contributed by atoms with Gasteiger partial charge in [0.1, 0.15) is 17.4 Å². The average molecular weight is 360 g/mol. The standard InChI is InChI=1S/C21H24N6/c1-4-15-10-16(20(12-22)27-8-5-9-27)6-7-18(15)26(3)21-11-19-17(13-23-21)24-14-25(19)2/h6-7,10-11,13-14,20H,4-5,8-9H2,1-3H3. The highest BCUT2D eigenvalue weighted by Crippen LogP contribution is 2.32. The van der Waals surface area contributed by atoms with Crippen molar-refractivity contribution in [1.29, 1.82) is 5.26 Å². The number of rotatable bonds is 5. The quantitative estimate of drug-likeness (QED) is 0.696. The van der Waals surface area contributed by atoms with E-state index < -0.39 is 0 Å². The molecule has 1 saturated heterocycles. The Morgan fingerprint density at radius 3 is 2.74 bits per heavy atom. The average Bonchev–Trinajstić information content (AvgIpc) is 3.03. The number of nitrogens with zero attached hydrogens (tertiary/aromatic N) is 6. The van der Waals surface area contributed by atoms with Crippen LogP contribution < -0.4 is 4.90 Å². The van der Waals surface area contributed by atoms with Gasteiger partial charge in [-0.15, -0.1) is 0 Å². The zero-order valence-electron chi connectivity index (χ0n) is 16.1. The maximum atomic E-state index is 9.62. The number of hydrogen-bond acceptors (Lipinski definition) is 5. The number of pyridine rings is 1. The van der Waals surface area contributed by atoms with Crippen molar-refractivity contribution in [3.63, 3.8) is 0 Å². The Balaban J connectivity index is 1.69. The second-order valence-corrected chi connectivity index (χ2v) is 7.11. The van der Waals surface area contributed by atoms with E-state index in [9.17, 15) is 5.26 Å². The number of hydrogen-bond donors (Lipinski definition) is 0. The summed E-state index contributed by atoms with van der Waals surface area (Å²) in [7, 11) is 4.03. The molecule has 6 nitrogen and oxygen atoms in total. The van der Waals surface area contributed by atoms with Crippen LogP contribution in [0.15, 0.2) is 36.8 Å². The second-order valence-electron chi connectivity index (χ2n) is 7.11. The Bertz CT molecular complexity index is 1010. The molecule has 3 heterocycles. The monoisotopic (exact) mass is 360 g/mol. The predicted octanol–water partition coefficient (Wildman–Crippen LogP) is 3.57. The van der Waals surface area contributed by atoms with Crippen molar-refractivity contribution in [3.05, 3.63) is 47.9 Å². The summed E-state index contributed by atoms with van der Waals surface area (Å²) in [6.45, 7) is 4.17. The molecule has 0 radical (unpaired) electrons. The molecule has 0 N–H and O–H groups in total. The van der Waals surface area contributed by atoms with Crippen LogP contribution in [0.5, 0.6) is 0 Å². The number of likely N-dealkylation sites (tertiary alicyclic amines) is 1. The van der Waals surface area contributed by atoms with Gasteiger partial charge < -0.3 is 9.47 Å². The Morgan fingerprint density at radius 1 is 1.26 bits per heavy atom. The fourth-order valence-corrected chi connectivity index (χ4v) is 3.68. The van der Waals surface area contributed by atoms with E-state index >= 15 is 0 Å². The summed E-state index contributed by atoms with van der Waals surface area (Å²) in [5, 5.41) is 9.62. The van der Waals surface area contributed by atoms with Crippen LogP contribution >= 0.6 is 0 Å². The third kappa shape index (κ3) is 3.04. The molecular formula is C21H24N6. The zero-order valence-corrected chi connectivity index (χ0v) is 16.1. The summed E-state index contributed by atoms with van der Waals surface area (Å²) < 4.78 is 2.00. The summed E-state index contributed by atoms with van der Waals surface area (Å²) in [5.74, 6) is 0.883. The van der Waals surface area contributed by atoms with Gasteiger partial charge in [-0.1, -0.05) is 19.1 Å². The number of benzene rings is 1. The number of nitriles is 1. The van der Waals surface area contributed by atoms with Crippen molar-refractivity contribution < 1.29 is 0 Å². The van der Waals surface area contributed by atoms with Gasteiger partial charge in [0.25, 0.3) is 0 Å². The molecule has 1 aliphatic rings. The molecule has 2 aromatic heterocycles. The van der Waals surface area contributed by atoms with Gasteiger partial charge in [-0.05, 0) is 30.0 Å². The summed E-state index contributed by atoms with van der Waals surface area (Å²) in [6.07, 6.45) is 5.71. The Kier molecular flexibility index (Phi) is 4.54. The smallest absolute Gasteiger partial charge is 0.134 e. The molecule has 0 saturated carbocycles. The van der Waals surface area contributed by atoms with Crippen LogP contribution in [0.3, 0.4) is 0 Å². The van der Waals surface area contributed by atoms with E-state index in [4.69, 9.17) is 0 Å². The van der Waals surface area contributed by atoms with Crippen molar-refractivity contribution in [2.45, 2.75) is 25.8 Å². The number of aromatic nitrogens is 3. The third-order valence-electron chi connectivity index (χ3n) is 5.48. The van der Waals surface area contributed by atoms with Gasteiger partial charge in [-0.25, -0.2) is 9.97 Å². The van der Waals surface area contributed by atoms with E-state index in [1.165, 1.54) is 12.0 Å². The fourth-order valence-electron chi connectivity index (χ4n) is 3.68. The number of aryl methyl sites for hydroxylation is 2. The first-order valence-corrected chi connectivity index (χ1v) is 9.39. The van der Waals surface area contributed by atoms with Crippen LogP contribution in [-0.4, -0.2) is 39.6 Å². The molecule has 1 aromatic carbocycles. The van der Waals surface area contributed by atoms with Gasteiger partial charge in [0.15, 0.2) is 0 Å². The number of fused-ring (bicyclic) bond motifs is 1. The Labute approximate surface area is 159 Å². The SMILES string of the molecule is CCc1cc(C(C#N)N2CCC2)ccc1N(C)c1cc2c(cn1)ncn2C. The molecule has 27 heavy (non-hydrogen) atoms. The third-order valence-corrected chi connectivity index (χ3v) is 5.48. The van der Waals surface area contributed by atoms with Crippen LogP contribution in [0.4, 0.5) is 11.5 Å². The molecule has 0 bridgehead atoms. The van der Waals surface area contributed by atoms with Gasteiger partial charge in [-0.3, -0.25) is 4.90 Å². The zero-order chi connectivity index (χ0) is 19.0. The van der Waals surface area contributed by atoms with Gasteiger partial charge >= 0.3 is 0 Å². The van der Waals surface area contributed by atoms with E-state index in [2.05, 4.69) is 57.0 Å². The first-order valence-electron chi connectivity index (χ1n) is 9.39. The van der Waals surface area contributed by atoms with E-state index in [-0.39, 0.29) is 6.04 Å². The van der Waals surface area contributed by atoms with Crippen molar-refractivity contribution >= 4 is 22.5 Å². The Morgan fingerprint density at radius 2 is 2.07 bits per heavy atom. The highest BCUT2D eigenvalue weighted by Gasteiger charge is 2.26. The highest BCUT2D eigenvalue weighted by atomic mass is 15.2. The van der Waals surface area contributed by atoms with Crippen LogP contribution in [0.25, 0.3) is 11.0 Å². The van der Waals surface area contributed by atoms with Crippen LogP contribution in [0.2, 0.25) is 0 Å². The summed E-state index contributed by atoms with van der Waals surface area (Å²) in [5.41, 5.74) is 5.38. The number of imidazole rings is 1. The van der Waals surface area contributed by atoms with E-state index in [0.29, 0.717) is 0 Å². The lowest BCUT2D eigenvalue weighted by atomic mass is 9.98. The fraction of sp³-hybridized carbons (Fsp3) is 0.381. The lowest BCUT2D eigenvalue weighted by molar-refractivity contribution is 0.148. The molecular weight excluding hydrogens is 336 g/mol. The highest BCUT2D eigenvalue weighted by molar-refractivity contribution is 5.79. The molecule has 1 fully saturated rings. The lowest BCUT2D eigenvalue weighted by Crippen LogP contribution is -2.39. The molecule has 4 rings (SSSR count). The van der Waals surface area contributed by atoms with Crippen LogP contribution in [-0.2, 0) is 13.5 Å². The molecule has 3 aromatic rings. The minimum atomic E-state index is -0.146. The van der Waals surface area contributed by atoms with Gasteiger partial charge in [-0.2, -0.15) is 5.26 Å². The normalized spacial score (nSPS) is 15.3. The largest absolute Gasteiger partial charge is 0.334 e. The number of anilines is 2. The van der Waals surface area contributed by atoms with Crippen LogP contribution in [0.1, 0.15) is 30.5 Å². The maximum absolute atomic E-state index is 9.62. The summed E-state index contributed by atoms with van der Waals surface area (Å²) >= 11 is 0. The topological polar surface area (TPSA) is 61.0 Å². The van der Waals surface area contributed by atoms with Gasteiger partial charge in [0.2, 0.25) is 0 Å². The summed E-state index contributed by atoms with van der Waals surface area (Å²) in [4.78, 5) is 13.3. The van der Waals surface area contributed by atoms with Crippen molar-refractivity contribution in [3.8, 4) is 6.07 Å². The first kappa shape index (κ1) is 17.5. The predicted molar refractivity (Wildman–Crippen MR) is 107 cm³/mol.